The molecule has 0 radical (unpaired) electrons. The summed E-state index contributed by atoms with van der Waals surface area (Å²) < 4.78 is 6.15. The van der Waals surface area contributed by atoms with E-state index >= 15 is 0 Å². The fourth-order valence-corrected chi connectivity index (χ4v) is 4.18. The summed E-state index contributed by atoms with van der Waals surface area (Å²) in [4.78, 5) is 0. The maximum Gasteiger partial charge on any atom is 0.129 e. The minimum Gasteiger partial charge on any atom is -0.487 e. The van der Waals surface area contributed by atoms with Crippen molar-refractivity contribution in [2.45, 2.75) is 50.6 Å². The van der Waals surface area contributed by atoms with E-state index in [2.05, 4.69) is 51.2 Å². The van der Waals surface area contributed by atoms with Gasteiger partial charge in [-0.25, -0.2) is 0 Å². The molecule has 1 saturated heterocycles. The van der Waals surface area contributed by atoms with E-state index in [1.807, 2.05) is 11.8 Å². The maximum atomic E-state index is 6.15. The van der Waals surface area contributed by atoms with Crippen molar-refractivity contribution in [3.63, 3.8) is 0 Å². The topological polar surface area (TPSA) is 21.3 Å². The third-order valence-corrected chi connectivity index (χ3v) is 5.13. The Morgan fingerprint density at radius 1 is 1.28 bits per heavy atom. The number of nitrogens with one attached hydrogen (secondary N) is 1. The minimum absolute atomic E-state index is 0.0583. The Morgan fingerprint density at radius 3 is 2.72 bits per heavy atom. The van der Waals surface area contributed by atoms with Gasteiger partial charge in [-0.15, -0.1) is 11.8 Å². The quantitative estimate of drug-likeness (QED) is 0.837. The van der Waals surface area contributed by atoms with Gasteiger partial charge in [-0.05, 0) is 33.3 Å². The van der Waals surface area contributed by atoms with Crippen molar-refractivity contribution in [2.75, 3.05) is 5.75 Å². The summed E-state index contributed by atoms with van der Waals surface area (Å²) in [6.45, 7) is 8.84. The summed E-state index contributed by atoms with van der Waals surface area (Å²) in [6.07, 6.45) is 1.01. The molecule has 2 nitrogen and oxygen atoms in total. The second-order valence-corrected chi connectivity index (χ2v) is 7.69. The molecule has 1 unspecified atom stereocenters. The molecule has 1 atom stereocenters. The smallest absolute Gasteiger partial charge is 0.129 e. The van der Waals surface area contributed by atoms with Crippen LogP contribution in [-0.4, -0.2) is 16.9 Å². The molecule has 18 heavy (non-hydrogen) atoms. The van der Waals surface area contributed by atoms with Gasteiger partial charge in [-0.1, -0.05) is 18.2 Å². The van der Waals surface area contributed by atoms with E-state index in [0.29, 0.717) is 5.37 Å². The fourth-order valence-electron chi connectivity index (χ4n) is 2.74. The molecule has 0 amide bonds. The Labute approximate surface area is 113 Å². The van der Waals surface area contributed by atoms with Crippen LogP contribution in [0.15, 0.2) is 18.2 Å². The number of thioether (sulfide) groups is 1. The van der Waals surface area contributed by atoms with Gasteiger partial charge in [0.1, 0.15) is 11.4 Å². The van der Waals surface area contributed by atoms with Crippen LogP contribution in [0.1, 0.15) is 44.2 Å². The largest absolute Gasteiger partial charge is 0.487 e. The molecular formula is C15H21NOS. The highest BCUT2D eigenvalue weighted by molar-refractivity contribution is 7.99. The highest BCUT2D eigenvalue weighted by Gasteiger charge is 2.37. The lowest BCUT2D eigenvalue weighted by Gasteiger charge is -2.22. The van der Waals surface area contributed by atoms with Crippen LogP contribution in [0.4, 0.5) is 0 Å². The van der Waals surface area contributed by atoms with Gasteiger partial charge < -0.3 is 4.74 Å². The van der Waals surface area contributed by atoms with Gasteiger partial charge in [0.15, 0.2) is 0 Å². The molecule has 2 heterocycles. The molecule has 98 valence electrons. The van der Waals surface area contributed by atoms with Crippen LogP contribution in [0.25, 0.3) is 0 Å². The second-order valence-electron chi connectivity index (χ2n) is 6.59. The number of fused-ring (bicyclic) bond motifs is 1. The average molecular weight is 263 g/mol. The number of rotatable bonds is 1. The van der Waals surface area contributed by atoms with Crippen molar-refractivity contribution < 1.29 is 4.74 Å². The molecule has 2 aliphatic heterocycles. The molecule has 1 N–H and O–H groups in total. The molecule has 0 bridgehead atoms. The monoisotopic (exact) mass is 263 g/mol. The second kappa shape index (κ2) is 3.91. The van der Waals surface area contributed by atoms with Gasteiger partial charge in [0, 0.05) is 23.3 Å². The van der Waals surface area contributed by atoms with E-state index in [0.717, 1.165) is 17.9 Å². The maximum absolute atomic E-state index is 6.15. The van der Waals surface area contributed by atoms with Gasteiger partial charge in [0.05, 0.1) is 5.37 Å². The van der Waals surface area contributed by atoms with Gasteiger partial charge in [0.2, 0.25) is 0 Å². The first-order valence-electron chi connectivity index (χ1n) is 6.56. The standard InChI is InChI=1S/C15H21NOS/c1-14(2)9-18-13(16-14)11-7-5-6-10-8-15(3,4)17-12(10)11/h5-7,13,16H,8-9H2,1-4H3. The zero-order valence-corrected chi connectivity index (χ0v) is 12.4. The number of hydrogen-bond donors (Lipinski definition) is 1. The van der Waals surface area contributed by atoms with E-state index in [-0.39, 0.29) is 11.1 Å². The first-order chi connectivity index (χ1) is 8.36. The third-order valence-electron chi connectivity index (χ3n) is 3.54. The fraction of sp³-hybridized carbons (Fsp3) is 0.600. The highest BCUT2D eigenvalue weighted by atomic mass is 32.2. The lowest BCUT2D eigenvalue weighted by Crippen LogP contribution is -2.36. The Morgan fingerprint density at radius 2 is 2.06 bits per heavy atom. The van der Waals surface area contributed by atoms with Crippen molar-refractivity contribution >= 4 is 11.8 Å². The Balaban J connectivity index is 1.94. The van der Waals surface area contributed by atoms with Crippen LogP contribution >= 0.6 is 11.8 Å². The summed E-state index contributed by atoms with van der Waals surface area (Å²) in [5, 5.41) is 4.05. The van der Waals surface area contributed by atoms with E-state index in [1.54, 1.807) is 0 Å². The molecular weight excluding hydrogens is 242 g/mol. The van der Waals surface area contributed by atoms with Crippen molar-refractivity contribution in [2.24, 2.45) is 0 Å². The first-order valence-corrected chi connectivity index (χ1v) is 7.61. The molecule has 0 aliphatic carbocycles. The van der Waals surface area contributed by atoms with E-state index < -0.39 is 0 Å². The van der Waals surface area contributed by atoms with Crippen molar-refractivity contribution in [1.82, 2.24) is 5.32 Å². The molecule has 3 heteroatoms. The molecule has 2 aliphatic rings. The average Bonchev–Trinajstić information content (AvgIpc) is 2.75. The Bertz CT molecular complexity index is 481. The predicted molar refractivity (Wildman–Crippen MR) is 77.3 cm³/mol. The van der Waals surface area contributed by atoms with Gasteiger partial charge in [-0.2, -0.15) is 0 Å². The van der Waals surface area contributed by atoms with Crippen molar-refractivity contribution in [3.8, 4) is 5.75 Å². The minimum atomic E-state index is -0.0583. The first kappa shape index (κ1) is 12.4. The number of ether oxygens (including phenoxy) is 1. The van der Waals surface area contributed by atoms with Crippen LogP contribution in [0.3, 0.4) is 0 Å². The van der Waals surface area contributed by atoms with Gasteiger partial charge in [0.25, 0.3) is 0 Å². The summed E-state index contributed by atoms with van der Waals surface area (Å²) >= 11 is 1.98. The molecule has 0 aromatic heterocycles. The van der Waals surface area contributed by atoms with E-state index in [1.165, 1.54) is 11.1 Å². The summed E-state index contributed by atoms with van der Waals surface area (Å²) in [5.74, 6) is 2.26. The molecule has 0 spiro atoms. The predicted octanol–water partition coefficient (Wildman–Crippen LogP) is 3.51. The Hall–Kier alpha value is -0.670. The third kappa shape index (κ3) is 2.14. The van der Waals surface area contributed by atoms with Crippen molar-refractivity contribution in [3.05, 3.63) is 29.3 Å². The zero-order valence-electron chi connectivity index (χ0n) is 11.5. The van der Waals surface area contributed by atoms with Crippen LogP contribution in [0, 0.1) is 0 Å². The Kier molecular flexibility index (Phi) is 2.69. The van der Waals surface area contributed by atoms with E-state index in [9.17, 15) is 0 Å². The summed E-state index contributed by atoms with van der Waals surface area (Å²) in [7, 11) is 0. The lowest BCUT2D eigenvalue weighted by atomic mass is 10.00. The molecule has 0 saturated carbocycles. The molecule has 1 aromatic carbocycles. The van der Waals surface area contributed by atoms with Crippen LogP contribution in [0.5, 0.6) is 5.75 Å². The van der Waals surface area contributed by atoms with Crippen LogP contribution < -0.4 is 10.1 Å². The van der Waals surface area contributed by atoms with E-state index in [4.69, 9.17) is 4.74 Å². The van der Waals surface area contributed by atoms with Gasteiger partial charge >= 0.3 is 0 Å². The summed E-state index contributed by atoms with van der Waals surface area (Å²) in [5.41, 5.74) is 2.82. The zero-order chi connectivity index (χ0) is 13.0. The highest BCUT2D eigenvalue weighted by Crippen LogP contribution is 2.46. The SMILES string of the molecule is CC1(C)CSC(c2cccc3c2OC(C)(C)C3)N1. The lowest BCUT2D eigenvalue weighted by molar-refractivity contribution is 0.137. The van der Waals surface area contributed by atoms with Crippen LogP contribution in [0.2, 0.25) is 0 Å². The molecule has 3 rings (SSSR count). The number of benzene rings is 1. The van der Waals surface area contributed by atoms with Crippen LogP contribution in [-0.2, 0) is 6.42 Å². The number of hydrogen-bond acceptors (Lipinski definition) is 3. The molecule has 1 fully saturated rings. The summed E-state index contributed by atoms with van der Waals surface area (Å²) in [6, 6.07) is 6.55. The van der Waals surface area contributed by atoms with Crippen molar-refractivity contribution in [1.29, 1.82) is 0 Å². The van der Waals surface area contributed by atoms with Gasteiger partial charge in [-0.3, -0.25) is 5.32 Å². The number of para-hydroxylation sites is 1. The normalized spacial score (nSPS) is 27.9. The molecule has 1 aromatic rings.